The molecule has 0 bridgehead atoms. The second-order valence-corrected chi connectivity index (χ2v) is 5.71. The molecule has 116 valence electrons. The number of carbonyl (C=O) groups is 1. The molecule has 5 heteroatoms. The monoisotopic (exact) mass is 294 g/mol. The van der Waals surface area contributed by atoms with Crippen molar-refractivity contribution in [3.05, 3.63) is 35.1 Å². The Morgan fingerprint density at radius 3 is 2.95 bits per heavy atom. The van der Waals surface area contributed by atoms with E-state index in [9.17, 15) is 9.18 Å². The standard InChI is InChI=1S/C16H23FN2O2/c1-3-11(9-20)18-16(21)19-15-10(2)7-8-12-13(15)5-4-6-14(12)17/h4-6,10-11,15,20H,3,7-9H2,1-2H3,(H2,18,19,21). The van der Waals surface area contributed by atoms with Gasteiger partial charge in [-0.3, -0.25) is 0 Å². The Bertz CT molecular complexity index is 503. The number of amides is 2. The highest BCUT2D eigenvalue weighted by Gasteiger charge is 2.29. The lowest BCUT2D eigenvalue weighted by Crippen LogP contribution is -2.46. The molecule has 0 saturated heterocycles. The van der Waals surface area contributed by atoms with Crippen LogP contribution in [0.2, 0.25) is 0 Å². The smallest absolute Gasteiger partial charge is 0.315 e. The first-order valence-corrected chi connectivity index (χ1v) is 7.52. The predicted octanol–water partition coefficient (Wildman–Crippen LogP) is 2.52. The molecule has 3 N–H and O–H groups in total. The number of carbonyl (C=O) groups excluding carboxylic acids is 1. The van der Waals surface area contributed by atoms with Crippen molar-refractivity contribution >= 4 is 6.03 Å². The lowest BCUT2D eigenvalue weighted by molar-refractivity contribution is 0.207. The Kier molecular flexibility index (Phi) is 5.17. The molecule has 1 aliphatic rings. The molecule has 2 amide bonds. The molecule has 21 heavy (non-hydrogen) atoms. The quantitative estimate of drug-likeness (QED) is 0.799. The van der Waals surface area contributed by atoms with Crippen LogP contribution in [0.15, 0.2) is 18.2 Å². The van der Waals surface area contributed by atoms with Crippen LogP contribution >= 0.6 is 0 Å². The summed E-state index contributed by atoms with van der Waals surface area (Å²) in [6.45, 7) is 3.87. The fourth-order valence-electron chi connectivity index (χ4n) is 2.84. The summed E-state index contributed by atoms with van der Waals surface area (Å²) < 4.78 is 13.9. The van der Waals surface area contributed by atoms with Gasteiger partial charge in [0.2, 0.25) is 0 Å². The number of benzene rings is 1. The Balaban J connectivity index is 2.13. The third kappa shape index (κ3) is 3.53. The minimum absolute atomic E-state index is 0.0879. The van der Waals surface area contributed by atoms with E-state index in [0.29, 0.717) is 18.4 Å². The van der Waals surface area contributed by atoms with Gasteiger partial charge in [-0.2, -0.15) is 0 Å². The van der Waals surface area contributed by atoms with Gasteiger partial charge < -0.3 is 15.7 Å². The van der Waals surface area contributed by atoms with Crippen LogP contribution in [0, 0.1) is 11.7 Å². The van der Waals surface area contributed by atoms with Gasteiger partial charge in [0.05, 0.1) is 18.7 Å². The molecule has 0 spiro atoms. The molecule has 1 aromatic rings. The van der Waals surface area contributed by atoms with Crippen molar-refractivity contribution in [1.29, 1.82) is 0 Å². The molecule has 0 heterocycles. The molecule has 3 atom stereocenters. The summed E-state index contributed by atoms with van der Waals surface area (Å²) in [7, 11) is 0. The maximum absolute atomic E-state index is 13.9. The zero-order valence-corrected chi connectivity index (χ0v) is 12.5. The topological polar surface area (TPSA) is 61.4 Å². The Morgan fingerprint density at radius 2 is 2.29 bits per heavy atom. The average molecular weight is 294 g/mol. The largest absolute Gasteiger partial charge is 0.394 e. The van der Waals surface area contributed by atoms with Gasteiger partial charge in [0.25, 0.3) is 0 Å². The molecule has 0 aliphatic heterocycles. The summed E-state index contributed by atoms with van der Waals surface area (Å²) in [5.41, 5.74) is 1.57. The van der Waals surface area contributed by atoms with E-state index in [2.05, 4.69) is 17.6 Å². The van der Waals surface area contributed by atoms with Crippen LogP contribution in [-0.2, 0) is 6.42 Å². The molecule has 3 unspecified atom stereocenters. The molecule has 0 radical (unpaired) electrons. The van der Waals surface area contributed by atoms with Crippen LogP contribution < -0.4 is 10.6 Å². The zero-order valence-electron chi connectivity index (χ0n) is 12.5. The number of aliphatic hydroxyl groups excluding tert-OH is 1. The SMILES string of the molecule is CCC(CO)NC(=O)NC1c2cccc(F)c2CCC1C. The van der Waals surface area contributed by atoms with Crippen molar-refractivity contribution in [3.8, 4) is 0 Å². The van der Waals surface area contributed by atoms with Crippen molar-refractivity contribution in [2.45, 2.75) is 45.2 Å². The van der Waals surface area contributed by atoms with Crippen LogP contribution in [0.1, 0.15) is 43.9 Å². The van der Waals surface area contributed by atoms with E-state index < -0.39 is 0 Å². The summed E-state index contributed by atoms with van der Waals surface area (Å²) in [5.74, 6) is 0.0488. The van der Waals surface area contributed by atoms with Crippen LogP contribution in [0.3, 0.4) is 0 Å². The van der Waals surface area contributed by atoms with Gasteiger partial charge in [-0.15, -0.1) is 0 Å². The molecule has 0 saturated carbocycles. The van der Waals surface area contributed by atoms with Gasteiger partial charge in [-0.1, -0.05) is 26.0 Å². The number of urea groups is 1. The predicted molar refractivity (Wildman–Crippen MR) is 79.5 cm³/mol. The van der Waals surface area contributed by atoms with E-state index in [0.717, 1.165) is 12.0 Å². The summed E-state index contributed by atoms with van der Waals surface area (Å²) >= 11 is 0. The summed E-state index contributed by atoms with van der Waals surface area (Å²) in [5, 5.41) is 14.8. The highest BCUT2D eigenvalue weighted by Crippen LogP contribution is 2.35. The summed E-state index contributed by atoms with van der Waals surface area (Å²) in [6, 6.07) is 4.26. The molecule has 2 rings (SSSR count). The fraction of sp³-hybridized carbons (Fsp3) is 0.562. The maximum atomic E-state index is 13.9. The van der Waals surface area contributed by atoms with Crippen molar-refractivity contribution in [2.24, 2.45) is 5.92 Å². The van der Waals surface area contributed by atoms with Gasteiger partial charge in [-0.05, 0) is 42.4 Å². The molecule has 1 aromatic carbocycles. The van der Waals surface area contributed by atoms with Crippen LogP contribution in [0.25, 0.3) is 0 Å². The Labute approximate surface area is 124 Å². The summed E-state index contributed by atoms with van der Waals surface area (Å²) in [6.07, 6.45) is 2.21. The number of hydrogen-bond donors (Lipinski definition) is 3. The first-order valence-electron chi connectivity index (χ1n) is 7.52. The van der Waals surface area contributed by atoms with E-state index >= 15 is 0 Å². The molecule has 0 fully saturated rings. The van der Waals surface area contributed by atoms with E-state index in [1.807, 2.05) is 13.0 Å². The van der Waals surface area contributed by atoms with Crippen LogP contribution in [0.4, 0.5) is 9.18 Å². The molecule has 0 aromatic heterocycles. The Hall–Kier alpha value is -1.62. The highest BCUT2D eigenvalue weighted by atomic mass is 19.1. The van der Waals surface area contributed by atoms with Gasteiger partial charge in [-0.25, -0.2) is 9.18 Å². The minimum atomic E-state index is -0.315. The molecular weight excluding hydrogens is 271 g/mol. The van der Waals surface area contributed by atoms with Crippen molar-refractivity contribution < 1.29 is 14.3 Å². The molecular formula is C16H23FN2O2. The normalized spacial score (nSPS) is 22.3. The van der Waals surface area contributed by atoms with E-state index in [4.69, 9.17) is 5.11 Å². The van der Waals surface area contributed by atoms with Gasteiger partial charge >= 0.3 is 6.03 Å². The fourth-order valence-corrected chi connectivity index (χ4v) is 2.84. The van der Waals surface area contributed by atoms with Gasteiger partial charge in [0.1, 0.15) is 5.82 Å². The molecule has 4 nitrogen and oxygen atoms in total. The number of nitrogens with one attached hydrogen (secondary N) is 2. The number of rotatable bonds is 4. The van der Waals surface area contributed by atoms with Gasteiger partial charge in [0.15, 0.2) is 0 Å². The Morgan fingerprint density at radius 1 is 1.52 bits per heavy atom. The van der Waals surface area contributed by atoms with Crippen LogP contribution in [-0.4, -0.2) is 23.8 Å². The van der Waals surface area contributed by atoms with E-state index in [1.54, 1.807) is 6.07 Å². The van der Waals surface area contributed by atoms with Gasteiger partial charge in [0, 0.05) is 0 Å². The third-order valence-electron chi connectivity index (χ3n) is 4.24. The second kappa shape index (κ2) is 6.89. The second-order valence-electron chi connectivity index (χ2n) is 5.71. The first kappa shape index (κ1) is 15.8. The summed E-state index contributed by atoms with van der Waals surface area (Å²) in [4.78, 5) is 12.1. The lowest BCUT2D eigenvalue weighted by atomic mass is 9.80. The zero-order chi connectivity index (χ0) is 15.4. The van der Waals surface area contributed by atoms with E-state index in [1.165, 1.54) is 6.07 Å². The van der Waals surface area contributed by atoms with Crippen LogP contribution in [0.5, 0.6) is 0 Å². The minimum Gasteiger partial charge on any atom is -0.394 e. The van der Waals surface area contributed by atoms with Crippen molar-refractivity contribution in [3.63, 3.8) is 0 Å². The number of halogens is 1. The highest BCUT2D eigenvalue weighted by molar-refractivity contribution is 5.75. The number of fused-ring (bicyclic) bond motifs is 1. The van der Waals surface area contributed by atoms with Crippen molar-refractivity contribution in [2.75, 3.05) is 6.61 Å². The molecule has 1 aliphatic carbocycles. The number of hydrogen-bond acceptors (Lipinski definition) is 2. The van der Waals surface area contributed by atoms with Crippen molar-refractivity contribution in [1.82, 2.24) is 10.6 Å². The lowest BCUT2D eigenvalue weighted by Gasteiger charge is -2.32. The first-order chi connectivity index (χ1) is 10.1. The third-order valence-corrected chi connectivity index (χ3v) is 4.24. The maximum Gasteiger partial charge on any atom is 0.315 e. The number of aliphatic hydroxyl groups is 1. The average Bonchev–Trinajstić information content (AvgIpc) is 2.48. The van der Waals surface area contributed by atoms with E-state index in [-0.39, 0.29) is 36.5 Å².